The van der Waals surface area contributed by atoms with Crippen LogP contribution in [0.2, 0.25) is 0 Å². The first-order valence-electron chi connectivity index (χ1n) is 8.47. The lowest BCUT2D eigenvalue weighted by Gasteiger charge is -2.56. The van der Waals surface area contributed by atoms with Gasteiger partial charge in [0.1, 0.15) is 5.69 Å². The van der Waals surface area contributed by atoms with E-state index >= 15 is 0 Å². The summed E-state index contributed by atoms with van der Waals surface area (Å²) in [5.74, 6) is 1.94. The molecule has 23 heavy (non-hydrogen) atoms. The standard InChI is InChI=1S/C17H22N4O2/c22-15(20-21-16(23)14-10-18-1-2-19-14)9-17-6-11-3-12(7-17)5-13(4-11)8-17/h1-2,10-13H,3-9H2,(H,20,22)(H,21,23). The number of rotatable bonds is 3. The minimum Gasteiger partial charge on any atom is -0.273 e. The van der Waals surface area contributed by atoms with E-state index in [1.54, 1.807) is 0 Å². The van der Waals surface area contributed by atoms with E-state index in [9.17, 15) is 9.59 Å². The Kier molecular flexibility index (Phi) is 3.54. The molecule has 6 nitrogen and oxygen atoms in total. The first-order valence-corrected chi connectivity index (χ1v) is 8.47. The van der Waals surface area contributed by atoms with Crippen LogP contribution in [-0.4, -0.2) is 21.8 Å². The molecule has 4 fully saturated rings. The molecule has 1 aromatic heterocycles. The van der Waals surface area contributed by atoms with Crippen molar-refractivity contribution in [3.63, 3.8) is 0 Å². The van der Waals surface area contributed by atoms with Crippen molar-refractivity contribution < 1.29 is 9.59 Å². The third-order valence-corrected chi connectivity index (χ3v) is 5.81. The minimum absolute atomic E-state index is 0.0933. The summed E-state index contributed by atoms with van der Waals surface area (Å²) in [5.41, 5.74) is 5.36. The van der Waals surface area contributed by atoms with Crippen LogP contribution in [0.5, 0.6) is 0 Å². The maximum atomic E-state index is 12.3. The summed E-state index contributed by atoms with van der Waals surface area (Å²) in [6.07, 6.45) is 12.5. The minimum atomic E-state index is -0.433. The second-order valence-corrected chi connectivity index (χ2v) is 7.69. The number of aromatic nitrogens is 2. The predicted molar refractivity (Wildman–Crippen MR) is 82.9 cm³/mol. The van der Waals surface area contributed by atoms with Crippen LogP contribution in [0, 0.1) is 23.2 Å². The molecule has 5 rings (SSSR count). The molecule has 1 heterocycles. The molecule has 122 valence electrons. The van der Waals surface area contributed by atoms with Gasteiger partial charge >= 0.3 is 0 Å². The molecule has 2 amide bonds. The Labute approximate surface area is 135 Å². The second kappa shape index (κ2) is 5.58. The summed E-state index contributed by atoms with van der Waals surface area (Å²) in [4.78, 5) is 31.9. The SMILES string of the molecule is O=C(CC12CC3CC(CC(C3)C1)C2)NNC(=O)c1cnccn1. The van der Waals surface area contributed by atoms with Crippen molar-refractivity contribution in [2.24, 2.45) is 23.2 Å². The first kappa shape index (κ1) is 14.6. The van der Waals surface area contributed by atoms with Crippen LogP contribution >= 0.6 is 0 Å². The summed E-state index contributed by atoms with van der Waals surface area (Å²) in [6, 6.07) is 0. The smallest absolute Gasteiger partial charge is 0.273 e. The number of hydrogen-bond acceptors (Lipinski definition) is 4. The van der Waals surface area contributed by atoms with Gasteiger partial charge in [0.25, 0.3) is 5.91 Å². The highest BCUT2D eigenvalue weighted by Crippen LogP contribution is 2.61. The zero-order valence-corrected chi connectivity index (χ0v) is 13.1. The third-order valence-electron chi connectivity index (χ3n) is 5.81. The largest absolute Gasteiger partial charge is 0.289 e. The molecule has 0 aliphatic heterocycles. The van der Waals surface area contributed by atoms with Crippen LogP contribution < -0.4 is 10.9 Å². The van der Waals surface area contributed by atoms with Crippen molar-refractivity contribution >= 4 is 11.8 Å². The Morgan fingerprint density at radius 2 is 1.70 bits per heavy atom. The summed E-state index contributed by atoms with van der Waals surface area (Å²) in [7, 11) is 0. The van der Waals surface area contributed by atoms with E-state index in [2.05, 4.69) is 20.8 Å². The molecule has 2 N–H and O–H groups in total. The summed E-state index contributed by atoms with van der Waals surface area (Å²) in [5, 5.41) is 0. The lowest BCUT2D eigenvalue weighted by molar-refractivity contribution is -0.130. The molecule has 0 atom stereocenters. The quantitative estimate of drug-likeness (QED) is 0.834. The predicted octanol–water partition coefficient (Wildman–Crippen LogP) is 1.84. The van der Waals surface area contributed by atoms with Crippen LogP contribution in [0.1, 0.15) is 55.4 Å². The monoisotopic (exact) mass is 314 g/mol. The normalized spacial score (nSPS) is 34.2. The van der Waals surface area contributed by atoms with Gasteiger partial charge in [0.15, 0.2) is 0 Å². The molecule has 0 spiro atoms. The number of nitrogens with one attached hydrogen (secondary N) is 2. The van der Waals surface area contributed by atoms with Crippen molar-refractivity contribution in [3.05, 3.63) is 24.3 Å². The summed E-state index contributed by atoms with van der Waals surface area (Å²) >= 11 is 0. The Morgan fingerprint density at radius 1 is 1.04 bits per heavy atom. The Hall–Kier alpha value is -1.98. The van der Waals surface area contributed by atoms with Crippen LogP contribution in [-0.2, 0) is 4.79 Å². The maximum absolute atomic E-state index is 12.3. The number of amides is 2. The highest BCUT2D eigenvalue weighted by Gasteiger charge is 2.51. The molecule has 6 heteroatoms. The Balaban J connectivity index is 1.33. The second-order valence-electron chi connectivity index (χ2n) is 7.69. The average molecular weight is 314 g/mol. The summed E-state index contributed by atoms with van der Waals surface area (Å²) < 4.78 is 0. The zero-order valence-electron chi connectivity index (χ0n) is 13.1. The molecule has 0 unspecified atom stereocenters. The van der Waals surface area contributed by atoms with E-state index in [0.717, 1.165) is 17.8 Å². The molecule has 4 aliphatic rings. The van der Waals surface area contributed by atoms with E-state index in [0.29, 0.717) is 6.42 Å². The molecule has 4 saturated carbocycles. The Morgan fingerprint density at radius 3 is 2.26 bits per heavy atom. The number of nitrogens with zero attached hydrogens (tertiary/aromatic N) is 2. The van der Waals surface area contributed by atoms with E-state index in [1.807, 2.05) is 0 Å². The molecule has 0 aromatic carbocycles. The number of carbonyl (C=O) groups is 2. The fourth-order valence-electron chi connectivity index (χ4n) is 5.50. The molecule has 0 saturated heterocycles. The molecule has 1 aromatic rings. The first-order chi connectivity index (χ1) is 11.1. The van der Waals surface area contributed by atoms with Crippen molar-refractivity contribution in [2.75, 3.05) is 0 Å². The van der Waals surface area contributed by atoms with Gasteiger partial charge in [-0.05, 0) is 61.7 Å². The van der Waals surface area contributed by atoms with Gasteiger partial charge in [-0.3, -0.25) is 25.4 Å². The zero-order chi connectivity index (χ0) is 15.9. The van der Waals surface area contributed by atoms with Gasteiger partial charge in [0, 0.05) is 18.8 Å². The van der Waals surface area contributed by atoms with Crippen LogP contribution in [0.15, 0.2) is 18.6 Å². The lowest BCUT2D eigenvalue weighted by atomic mass is 9.49. The fourth-order valence-corrected chi connectivity index (χ4v) is 5.50. The molecule has 4 bridgehead atoms. The topological polar surface area (TPSA) is 84.0 Å². The molecule has 0 radical (unpaired) electrons. The molecular formula is C17H22N4O2. The van der Waals surface area contributed by atoms with Gasteiger partial charge in [-0.2, -0.15) is 0 Å². The lowest BCUT2D eigenvalue weighted by Crippen LogP contribution is -2.50. The van der Waals surface area contributed by atoms with Gasteiger partial charge in [-0.15, -0.1) is 0 Å². The van der Waals surface area contributed by atoms with Gasteiger partial charge < -0.3 is 0 Å². The van der Waals surface area contributed by atoms with Crippen LogP contribution in [0.25, 0.3) is 0 Å². The summed E-state index contributed by atoms with van der Waals surface area (Å²) in [6.45, 7) is 0. The fraction of sp³-hybridized carbons (Fsp3) is 0.647. The van der Waals surface area contributed by atoms with Gasteiger partial charge in [0.2, 0.25) is 5.91 Å². The van der Waals surface area contributed by atoms with Crippen molar-refractivity contribution in [2.45, 2.75) is 44.9 Å². The highest BCUT2D eigenvalue weighted by atomic mass is 16.2. The van der Waals surface area contributed by atoms with E-state index < -0.39 is 5.91 Å². The third kappa shape index (κ3) is 2.94. The maximum Gasteiger partial charge on any atom is 0.289 e. The number of hydrogen-bond donors (Lipinski definition) is 2. The van der Waals surface area contributed by atoms with Crippen LogP contribution in [0.3, 0.4) is 0 Å². The average Bonchev–Trinajstić information content (AvgIpc) is 2.51. The highest BCUT2D eigenvalue weighted by molar-refractivity contribution is 5.93. The number of carbonyl (C=O) groups excluding carboxylic acids is 2. The number of hydrazine groups is 1. The van der Waals surface area contributed by atoms with Gasteiger partial charge in [-0.1, -0.05) is 0 Å². The van der Waals surface area contributed by atoms with E-state index in [-0.39, 0.29) is 17.0 Å². The van der Waals surface area contributed by atoms with E-state index in [1.165, 1.54) is 57.1 Å². The molecular weight excluding hydrogens is 292 g/mol. The van der Waals surface area contributed by atoms with Gasteiger partial charge in [0.05, 0.1) is 6.20 Å². The van der Waals surface area contributed by atoms with E-state index in [4.69, 9.17) is 0 Å². The van der Waals surface area contributed by atoms with Crippen molar-refractivity contribution in [3.8, 4) is 0 Å². The van der Waals surface area contributed by atoms with Gasteiger partial charge in [-0.25, -0.2) is 4.98 Å². The Bertz CT molecular complexity index is 581. The van der Waals surface area contributed by atoms with Crippen molar-refractivity contribution in [1.82, 2.24) is 20.8 Å². The molecule has 4 aliphatic carbocycles. The van der Waals surface area contributed by atoms with Crippen molar-refractivity contribution in [1.29, 1.82) is 0 Å². The van der Waals surface area contributed by atoms with Crippen LogP contribution in [0.4, 0.5) is 0 Å².